The molecule has 0 unspecified atom stereocenters. The lowest BCUT2D eigenvalue weighted by atomic mass is 9.68. The van der Waals surface area contributed by atoms with Crippen LogP contribution < -0.4 is 10.1 Å². The number of ether oxygens (including phenoxy) is 1. The first-order chi connectivity index (χ1) is 13.9. The maximum atomic E-state index is 13.5. The molecule has 2 aromatic carbocycles. The quantitative estimate of drug-likeness (QED) is 0.684. The minimum Gasteiger partial charge on any atom is -0.493 e. The Hall–Kier alpha value is -2.80. The fourth-order valence-corrected chi connectivity index (χ4v) is 3.99. The molecule has 0 aromatic heterocycles. The second-order valence-corrected chi connectivity index (χ2v) is 8.49. The topological polar surface area (TPSA) is 62.1 Å². The Kier molecular flexibility index (Phi) is 6.59. The van der Waals surface area contributed by atoms with E-state index < -0.39 is 5.41 Å². The molecule has 29 heavy (non-hydrogen) atoms. The molecule has 0 spiro atoms. The fraction of sp³-hybridized carbons (Fsp3) is 0.440. The molecule has 4 heteroatoms. The van der Waals surface area contributed by atoms with Crippen molar-refractivity contribution in [2.75, 3.05) is 11.9 Å². The number of nitriles is 1. The second-order valence-electron chi connectivity index (χ2n) is 8.49. The number of carbonyl (C=O) groups is 1. The molecule has 4 nitrogen and oxygen atoms in total. The van der Waals surface area contributed by atoms with Gasteiger partial charge in [0.1, 0.15) is 11.8 Å². The largest absolute Gasteiger partial charge is 0.493 e. The lowest BCUT2D eigenvalue weighted by Gasteiger charge is -2.36. The van der Waals surface area contributed by atoms with Crippen molar-refractivity contribution in [1.82, 2.24) is 0 Å². The molecule has 0 bridgehead atoms. The summed E-state index contributed by atoms with van der Waals surface area (Å²) in [5, 5.41) is 12.7. The van der Waals surface area contributed by atoms with Crippen LogP contribution in [-0.4, -0.2) is 12.5 Å². The normalized spacial score (nSPS) is 15.6. The van der Waals surface area contributed by atoms with E-state index in [1.807, 2.05) is 6.07 Å². The molecule has 0 heterocycles. The third kappa shape index (κ3) is 4.79. The summed E-state index contributed by atoms with van der Waals surface area (Å²) in [6.07, 6.45) is 4.90. The number of benzene rings is 2. The number of anilines is 1. The average Bonchev–Trinajstić information content (AvgIpc) is 2.73. The smallest absolute Gasteiger partial charge is 0.235 e. The van der Waals surface area contributed by atoms with Crippen LogP contribution in [0.1, 0.15) is 62.6 Å². The number of amides is 1. The van der Waals surface area contributed by atoms with Gasteiger partial charge in [-0.25, -0.2) is 0 Å². The van der Waals surface area contributed by atoms with Gasteiger partial charge in [-0.3, -0.25) is 4.79 Å². The van der Waals surface area contributed by atoms with Crippen molar-refractivity contribution in [1.29, 1.82) is 5.26 Å². The van der Waals surface area contributed by atoms with Gasteiger partial charge in [-0.15, -0.1) is 0 Å². The van der Waals surface area contributed by atoms with Gasteiger partial charge in [0, 0.05) is 0 Å². The molecule has 1 aliphatic rings. The van der Waals surface area contributed by atoms with E-state index in [4.69, 9.17) is 4.74 Å². The maximum absolute atomic E-state index is 13.5. The molecule has 2 aromatic rings. The highest BCUT2D eigenvalue weighted by Crippen LogP contribution is 2.41. The molecule has 152 valence electrons. The van der Waals surface area contributed by atoms with Crippen LogP contribution in [-0.2, 0) is 10.2 Å². The summed E-state index contributed by atoms with van der Waals surface area (Å²) in [6, 6.07) is 15.8. The number of rotatable bonds is 6. The molecule has 0 radical (unpaired) electrons. The van der Waals surface area contributed by atoms with Crippen molar-refractivity contribution in [3.8, 4) is 11.8 Å². The van der Waals surface area contributed by atoms with Crippen LogP contribution in [0.3, 0.4) is 0 Å². The van der Waals surface area contributed by atoms with Crippen molar-refractivity contribution in [2.24, 2.45) is 5.92 Å². The molecule has 1 fully saturated rings. The van der Waals surface area contributed by atoms with E-state index in [1.165, 1.54) is 5.56 Å². The standard InChI is InChI=1S/C25H30N2O2/c1-18(2)17-29-22-11-12-23(20(15-22)16-26)27-24(28)25(13-5-4-6-14-25)21-9-7-19(3)8-10-21/h7-12,15,18H,4-6,13-14,17H2,1-3H3,(H,27,28). The summed E-state index contributed by atoms with van der Waals surface area (Å²) in [6.45, 7) is 6.80. The first-order valence-electron chi connectivity index (χ1n) is 10.5. The van der Waals surface area contributed by atoms with Gasteiger partial charge in [0.25, 0.3) is 0 Å². The molecule has 0 aliphatic heterocycles. The first-order valence-corrected chi connectivity index (χ1v) is 10.5. The van der Waals surface area contributed by atoms with Gasteiger partial charge < -0.3 is 10.1 Å². The number of aryl methyl sites for hydroxylation is 1. The second kappa shape index (κ2) is 9.13. The Bertz CT molecular complexity index is 888. The van der Waals surface area contributed by atoms with Crippen LogP contribution >= 0.6 is 0 Å². The van der Waals surface area contributed by atoms with Gasteiger partial charge in [0.15, 0.2) is 0 Å². The van der Waals surface area contributed by atoms with Crippen molar-refractivity contribution in [3.05, 3.63) is 59.2 Å². The monoisotopic (exact) mass is 390 g/mol. The molecule has 3 rings (SSSR count). The molecular formula is C25H30N2O2. The Morgan fingerprint density at radius 2 is 1.83 bits per heavy atom. The average molecular weight is 391 g/mol. The zero-order valence-corrected chi connectivity index (χ0v) is 17.6. The van der Waals surface area contributed by atoms with E-state index in [-0.39, 0.29) is 5.91 Å². The molecule has 1 N–H and O–H groups in total. The summed E-state index contributed by atoms with van der Waals surface area (Å²) in [5.74, 6) is 1.04. The van der Waals surface area contributed by atoms with Gasteiger partial charge in [0.05, 0.1) is 23.3 Å². The highest BCUT2D eigenvalue weighted by Gasteiger charge is 2.41. The van der Waals surface area contributed by atoms with Crippen molar-refractivity contribution >= 4 is 11.6 Å². The highest BCUT2D eigenvalue weighted by molar-refractivity contribution is 6.00. The van der Waals surface area contributed by atoms with Gasteiger partial charge >= 0.3 is 0 Å². The van der Waals surface area contributed by atoms with Crippen molar-refractivity contribution in [2.45, 2.75) is 58.3 Å². The predicted octanol–water partition coefficient (Wildman–Crippen LogP) is 5.74. The zero-order valence-electron chi connectivity index (χ0n) is 17.6. The van der Waals surface area contributed by atoms with Gasteiger partial charge in [-0.2, -0.15) is 5.26 Å². The van der Waals surface area contributed by atoms with Crippen LogP contribution in [0, 0.1) is 24.2 Å². The van der Waals surface area contributed by atoms with E-state index in [2.05, 4.69) is 56.4 Å². The fourth-order valence-electron chi connectivity index (χ4n) is 3.99. The summed E-state index contributed by atoms with van der Waals surface area (Å²) in [4.78, 5) is 13.5. The summed E-state index contributed by atoms with van der Waals surface area (Å²) < 4.78 is 5.72. The summed E-state index contributed by atoms with van der Waals surface area (Å²) in [5.41, 5.74) is 2.69. The maximum Gasteiger partial charge on any atom is 0.235 e. The Morgan fingerprint density at radius 1 is 1.14 bits per heavy atom. The number of carbonyl (C=O) groups excluding carboxylic acids is 1. The molecule has 0 saturated heterocycles. The molecule has 1 saturated carbocycles. The third-order valence-electron chi connectivity index (χ3n) is 5.69. The molecule has 1 aliphatic carbocycles. The highest BCUT2D eigenvalue weighted by atomic mass is 16.5. The van der Waals surface area contributed by atoms with Crippen LogP contribution in [0.5, 0.6) is 5.75 Å². The lowest BCUT2D eigenvalue weighted by molar-refractivity contribution is -0.122. The van der Waals surface area contributed by atoms with Crippen LogP contribution in [0.2, 0.25) is 0 Å². The van der Waals surface area contributed by atoms with Gasteiger partial charge in [-0.05, 0) is 49.4 Å². The minimum absolute atomic E-state index is 0.0200. The van der Waals surface area contributed by atoms with Crippen LogP contribution in [0.25, 0.3) is 0 Å². The number of hydrogen-bond donors (Lipinski definition) is 1. The number of hydrogen-bond acceptors (Lipinski definition) is 3. The Balaban J connectivity index is 1.86. The number of nitrogens with zero attached hydrogens (tertiary/aromatic N) is 1. The molecular weight excluding hydrogens is 360 g/mol. The zero-order chi connectivity index (χ0) is 20.9. The van der Waals surface area contributed by atoms with E-state index >= 15 is 0 Å². The Labute approximate surface area is 173 Å². The van der Waals surface area contributed by atoms with Gasteiger partial charge in [-0.1, -0.05) is 62.9 Å². The molecule has 0 atom stereocenters. The lowest BCUT2D eigenvalue weighted by Crippen LogP contribution is -2.42. The molecule has 1 amide bonds. The third-order valence-corrected chi connectivity index (χ3v) is 5.69. The Morgan fingerprint density at radius 3 is 2.45 bits per heavy atom. The summed E-state index contributed by atoms with van der Waals surface area (Å²) >= 11 is 0. The number of nitrogens with one attached hydrogen (secondary N) is 1. The SMILES string of the molecule is Cc1ccc(C2(C(=O)Nc3ccc(OCC(C)C)cc3C#N)CCCCC2)cc1. The van der Waals surface area contributed by atoms with Crippen molar-refractivity contribution < 1.29 is 9.53 Å². The van der Waals surface area contributed by atoms with Crippen molar-refractivity contribution in [3.63, 3.8) is 0 Å². The van der Waals surface area contributed by atoms with E-state index in [1.54, 1.807) is 12.1 Å². The van der Waals surface area contributed by atoms with E-state index in [0.29, 0.717) is 29.5 Å². The van der Waals surface area contributed by atoms with E-state index in [9.17, 15) is 10.1 Å². The first kappa shape index (κ1) is 20.9. The minimum atomic E-state index is -0.536. The summed E-state index contributed by atoms with van der Waals surface area (Å²) in [7, 11) is 0. The van der Waals surface area contributed by atoms with Crippen LogP contribution in [0.15, 0.2) is 42.5 Å². The predicted molar refractivity (Wildman–Crippen MR) is 116 cm³/mol. The van der Waals surface area contributed by atoms with Gasteiger partial charge in [0.2, 0.25) is 5.91 Å². The van der Waals surface area contributed by atoms with E-state index in [0.717, 1.165) is 37.7 Å². The van der Waals surface area contributed by atoms with Crippen LogP contribution in [0.4, 0.5) is 5.69 Å².